The van der Waals surface area contributed by atoms with Gasteiger partial charge in [-0.25, -0.2) is 4.57 Å². The van der Waals surface area contributed by atoms with Crippen molar-refractivity contribution >= 4 is 19.7 Å². The molecule has 3 N–H and O–H groups in total. The van der Waals surface area contributed by atoms with E-state index in [1.165, 1.54) is 57.8 Å². The Kier molecular flexibility index (Phi) is 31.9. The van der Waals surface area contributed by atoms with Crippen LogP contribution in [0.3, 0.4) is 0 Å². The number of phosphoric acid groups is 1. The number of carbonyl (C=O) groups excluding carboxylic acids is 2. The maximum Gasteiger partial charge on any atom is 0.472 e. The van der Waals surface area contributed by atoms with Gasteiger partial charge in [0.15, 0.2) is 0 Å². The minimum atomic E-state index is -4.41. The van der Waals surface area contributed by atoms with E-state index >= 15 is 0 Å². The second-order valence-corrected chi connectivity index (χ2v) is 13.3. The van der Waals surface area contributed by atoms with Gasteiger partial charge in [-0.3, -0.25) is 18.6 Å². The number of amides is 1. The molecule has 0 aliphatic carbocycles. The lowest BCUT2D eigenvalue weighted by atomic mass is 10.1. The van der Waals surface area contributed by atoms with Crippen molar-refractivity contribution in [1.82, 2.24) is 5.32 Å². The van der Waals surface area contributed by atoms with Crippen molar-refractivity contribution in [1.29, 1.82) is 0 Å². The fourth-order valence-electron chi connectivity index (χ4n) is 4.63. The number of hydrogen-bond acceptors (Lipinski definition) is 7. The van der Waals surface area contributed by atoms with E-state index in [0.717, 1.165) is 64.2 Å². The van der Waals surface area contributed by atoms with Crippen LogP contribution in [0.1, 0.15) is 149 Å². The molecule has 0 aromatic carbocycles. The molecule has 0 aliphatic heterocycles. The van der Waals surface area contributed by atoms with Gasteiger partial charge in [0.05, 0.1) is 13.2 Å². The quantitative estimate of drug-likeness (QED) is 0.0273. The van der Waals surface area contributed by atoms with Crippen LogP contribution in [0.4, 0.5) is 0 Å². The molecule has 268 valence electrons. The predicted molar refractivity (Wildman–Crippen MR) is 187 cm³/mol. The number of esters is 1. The van der Waals surface area contributed by atoms with Gasteiger partial charge < -0.3 is 20.1 Å². The van der Waals surface area contributed by atoms with Crippen molar-refractivity contribution in [3.63, 3.8) is 0 Å². The third-order valence-corrected chi connectivity index (χ3v) is 8.32. The van der Waals surface area contributed by atoms with Gasteiger partial charge in [-0.1, -0.05) is 127 Å². The molecule has 10 heteroatoms. The molecule has 0 fully saturated rings. The summed E-state index contributed by atoms with van der Waals surface area (Å²) in [6.45, 7) is 3.37. The molecule has 0 bridgehead atoms. The molecule has 9 nitrogen and oxygen atoms in total. The van der Waals surface area contributed by atoms with E-state index in [0.29, 0.717) is 6.42 Å². The summed E-state index contributed by atoms with van der Waals surface area (Å²) in [6.07, 6.45) is 33.7. The second kappa shape index (κ2) is 33.1. The Morgan fingerprint density at radius 3 is 1.87 bits per heavy atom. The van der Waals surface area contributed by atoms with E-state index < -0.39 is 26.5 Å². The van der Waals surface area contributed by atoms with Gasteiger partial charge in [0, 0.05) is 19.4 Å². The first-order valence-electron chi connectivity index (χ1n) is 18.0. The molecule has 0 aromatic heterocycles. The molecular weight excluding hydrogens is 605 g/mol. The van der Waals surface area contributed by atoms with E-state index in [9.17, 15) is 24.2 Å². The molecule has 2 unspecified atom stereocenters. The summed E-state index contributed by atoms with van der Waals surface area (Å²) in [7, 11) is -4.41. The van der Waals surface area contributed by atoms with E-state index in [-0.39, 0.29) is 32.1 Å². The van der Waals surface area contributed by atoms with Crippen molar-refractivity contribution in [3.05, 3.63) is 36.5 Å². The van der Waals surface area contributed by atoms with Gasteiger partial charge in [0.1, 0.15) is 12.7 Å². The Labute approximate surface area is 280 Å². The highest BCUT2D eigenvalue weighted by molar-refractivity contribution is 7.47. The van der Waals surface area contributed by atoms with Crippen molar-refractivity contribution in [2.45, 2.75) is 155 Å². The highest BCUT2D eigenvalue weighted by Gasteiger charge is 2.23. The molecule has 0 aromatic rings. The number of phosphoric ester groups is 1. The van der Waals surface area contributed by atoms with Crippen LogP contribution in [-0.2, 0) is 27.9 Å². The number of aliphatic hydroxyl groups excluding tert-OH is 1. The minimum absolute atomic E-state index is 0.0761. The number of allylic oxidation sites excluding steroid dienone is 6. The summed E-state index contributed by atoms with van der Waals surface area (Å²) in [5.41, 5.74) is 0. The molecule has 0 heterocycles. The lowest BCUT2D eigenvalue weighted by molar-refractivity contribution is -0.147. The molecule has 0 rings (SSSR count). The molecule has 46 heavy (non-hydrogen) atoms. The predicted octanol–water partition coefficient (Wildman–Crippen LogP) is 9.04. The summed E-state index contributed by atoms with van der Waals surface area (Å²) < 4.78 is 26.6. The highest BCUT2D eigenvalue weighted by atomic mass is 31.2. The van der Waals surface area contributed by atoms with Crippen LogP contribution < -0.4 is 5.32 Å². The van der Waals surface area contributed by atoms with Crippen LogP contribution in [0.5, 0.6) is 0 Å². The van der Waals surface area contributed by atoms with Crippen molar-refractivity contribution in [2.75, 3.05) is 26.4 Å². The normalized spacial score (nSPS) is 13.9. The Hall–Kier alpha value is -1.77. The average molecular weight is 672 g/mol. The van der Waals surface area contributed by atoms with Crippen LogP contribution in [0.2, 0.25) is 0 Å². The SMILES string of the molecule is CC/C=C\C/C=C\C/C=C\CCCCCCCCCC(=O)NCCOP(=O)(O)OCC(O)COC(=O)CCCCCCCCCC. The zero-order valence-electron chi connectivity index (χ0n) is 29.0. The summed E-state index contributed by atoms with van der Waals surface area (Å²) in [5, 5.41) is 12.6. The molecule has 0 saturated carbocycles. The van der Waals surface area contributed by atoms with Crippen LogP contribution in [-0.4, -0.2) is 54.3 Å². The number of aliphatic hydroxyl groups is 1. The largest absolute Gasteiger partial charge is 0.472 e. The fourth-order valence-corrected chi connectivity index (χ4v) is 5.39. The zero-order chi connectivity index (χ0) is 34.0. The Bertz CT molecular complexity index is 861. The molecule has 0 radical (unpaired) electrons. The molecule has 0 aliphatic rings. The van der Waals surface area contributed by atoms with E-state index in [4.69, 9.17) is 13.8 Å². The third-order valence-electron chi connectivity index (χ3n) is 7.33. The number of hydrogen-bond donors (Lipinski definition) is 3. The van der Waals surface area contributed by atoms with Gasteiger partial charge in [-0.15, -0.1) is 0 Å². The lowest BCUT2D eigenvalue weighted by Gasteiger charge is -2.15. The summed E-state index contributed by atoms with van der Waals surface area (Å²) >= 11 is 0. The lowest BCUT2D eigenvalue weighted by Crippen LogP contribution is -2.27. The van der Waals surface area contributed by atoms with Crippen molar-refractivity contribution < 1.29 is 37.9 Å². The monoisotopic (exact) mass is 671 g/mol. The molecule has 2 atom stereocenters. The van der Waals surface area contributed by atoms with Gasteiger partial charge >= 0.3 is 13.8 Å². The van der Waals surface area contributed by atoms with Crippen molar-refractivity contribution in [2.24, 2.45) is 0 Å². The van der Waals surface area contributed by atoms with Gasteiger partial charge in [-0.05, 0) is 44.9 Å². The number of carbonyl (C=O) groups is 2. The summed E-state index contributed by atoms with van der Waals surface area (Å²) in [4.78, 5) is 33.6. The topological polar surface area (TPSA) is 131 Å². The van der Waals surface area contributed by atoms with Gasteiger partial charge in [0.2, 0.25) is 5.91 Å². The van der Waals surface area contributed by atoms with E-state index in [2.05, 4.69) is 55.6 Å². The smallest absolute Gasteiger partial charge is 0.463 e. The number of nitrogens with one attached hydrogen (secondary N) is 1. The molecule has 1 amide bonds. The number of ether oxygens (including phenoxy) is 1. The number of rotatable bonds is 33. The van der Waals surface area contributed by atoms with Gasteiger partial charge in [-0.2, -0.15) is 0 Å². The fraction of sp³-hybridized carbons (Fsp3) is 0.778. The van der Waals surface area contributed by atoms with Crippen molar-refractivity contribution in [3.8, 4) is 0 Å². The first-order valence-corrected chi connectivity index (χ1v) is 19.5. The molecule has 0 spiro atoms. The highest BCUT2D eigenvalue weighted by Crippen LogP contribution is 2.42. The Morgan fingerprint density at radius 1 is 0.696 bits per heavy atom. The van der Waals surface area contributed by atoms with Crippen LogP contribution in [0, 0.1) is 0 Å². The first kappa shape index (κ1) is 44.2. The Morgan fingerprint density at radius 2 is 1.24 bits per heavy atom. The maximum absolute atomic E-state index is 12.0. The van der Waals surface area contributed by atoms with Crippen LogP contribution in [0.25, 0.3) is 0 Å². The van der Waals surface area contributed by atoms with Crippen LogP contribution >= 0.6 is 7.82 Å². The zero-order valence-corrected chi connectivity index (χ0v) is 29.9. The molecule has 0 saturated heterocycles. The third kappa shape index (κ3) is 33.6. The van der Waals surface area contributed by atoms with E-state index in [1.54, 1.807) is 0 Å². The van der Waals surface area contributed by atoms with Crippen LogP contribution in [0.15, 0.2) is 36.5 Å². The van der Waals surface area contributed by atoms with E-state index in [1.807, 2.05) is 0 Å². The first-order chi connectivity index (χ1) is 22.3. The minimum Gasteiger partial charge on any atom is -0.463 e. The molecular formula is C36H66NO8P. The second-order valence-electron chi connectivity index (χ2n) is 11.8. The summed E-state index contributed by atoms with van der Waals surface area (Å²) in [5.74, 6) is -0.533. The number of unbranched alkanes of at least 4 members (excludes halogenated alkanes) is 14. The maximum atomic E-state index is 12.0. The average Bonchev–Trinajstić information content (AvgIpc) is 3.04. The Balaban J connectivity index is 3.64. The summed E-state index contributed by atoms with van der Waals surface area (Å²) in [6, 6.07) is 0. The van der Waals surface area contributed by atoms with Gasteiger partial charge in [0.25, 0.3) is 0 Å². The standard InChI is InChI=1S/C36H66NO8P/c1-3-5-7-9-11-13-14-15-16-17-18-19-20-21-22-24-26-28-35(39)37-30-31-44-46(41,42)45-33-34(38)32-43-36(40)29-27-25-23-12-10-8-6-4-2/h5,7,11,13,15-16,34,38H,3-4,6,8-10,12,14,17-33H2,1-2H3,(H,37,39)(H,41,42)/b7-5-,13-11-,16-15-.